The summed E-state index contributed by atoms with van der Waals surface area (Å²) in [5.41, 5.74) is -0.286. The van der Waals surface area contributed by atoms with Gasteiger partial charge in [-0.1, -0.05) is 6.07 Å². The van der Waals surface area contributed by atoms with Crippen LogP contribution in [0.3, 0.4) is 0 Å². The highest BCUT2D eigenvalue weighted by atomic mass is 19.1. The Morgan fingerprint density at radius 1 is 1.34 bits per heavy atom. The highest BCUT2D eigenvalue weighted by Gasteiger charge is 2.47. The number of morpholine rings is 1. The first-order valence-corrected chi connectivity index (χ1v) is 9.02. The van der Waals surface area contributed by atoms with Crippen molar-refractivity contribution in [2.75, 3.05) is 18.5 Å². The molecule has 2 heterocycles. The van der Waals surface area contributed by atoms with Crippen LogP contribution in [0.2, 0.25) is 0 Å². The molecule has 154 valence electrons. The van der Waals surface area contributed by atoms with Crippen molar-refractivity contribution in [3.05, 3.63) is 29.6 Å². The van der Waals surface area contributed by atoms with E-state index in [1.54, 1.807) is 13.8 Å². The number of carbonyl (C=O) groups is 4. The average Bonchev–Trinajstić information content (AvgIpc) is 2.63. The second kappa shape index (κ2) is 7.70. The van der Waals surface area contributed by atoms with E-state index in [4.69, 9.17) is 4.74 Å². The normalized spacial score (nSPS) is 20.6. The average molecular weight is 404 g/mol. The van der Waals surface area contributed by atoms with E-state index < -0.39 is 41.0 Å². The molecule has 2 N–H and O–H groups in total. The molecule has 1 aromatic carbocycles. The first-order valence-electron chi connectivity index (χ1n) is 9.02. The number of carbonyl (C=O) groups excluding carboxylic acids is 4. The van der Waals surface area contributed by atoms with Crippen LogP contribution < -0.4 is 10.6 Å². The van der Waals surface area contributed by atoms with Gasteiger partial charge in [0.05, 0.1) is 13.2 Å². The Hall–Kier alpha value is -3.14. The van der Waals surface area contributed by atoms with Gasteiger partial charge in [-0.2, -0.15) is 0 Å². The standard InChI is InChI=1S/C19H21FN4O5/c1-10(25)22-13-8-12(20)5-4-11(13)9-21-16(27)14-15(26)17(28)24-6-7-29-19(2,3)18(24)23-14/h4-5,8,14H,6-7,9H2,1-3H3,(H,21,27)(H,22,25). The lowest BCUT2D eigenvalue weighted by atomic mass is 9.99. The third-order valence-corrected chi connectivity index (χ3v) is 4.61. The van der Waals surface area contributed by atoms with Crippen molar-refractivity contribution in [2.24, 2.45) is 4.99 Å². The Balaban J connectivity index is 1.80. The highest BCUT2D eigenvalue weighted by molar-refractivity contribution is 6.46. The molecule has 1 fully saturated rings. The van der Waals surface area contributed by atoms with Gasteiger partial charge < -0.3 is 15.4 Å². The molecule has 0 spiro atoms. The summed E-state index contributed by atoms with van der Waals surface area (Å²) in [7, 11) is 0. The van der Waals surface area contributed by atoms with E-state index in [0.29, 0.717) is 5.56 Å². The summed E-state index contributed by atoms with van der Waals surface area (Å²) in [4.78, 5) is 54.1. The van der Waals surface area contributed by atoms with Gasteiger partial charge in [-0.15, -0.1) is 0 Å². The molecule has 9 nitrogen and oxygen atoms in total. The molecule has 3 amide bonds. The van der Waals surface area contributed by atoms with Gasteiger partial charge in [-0.25, -0.2) is 9.38 Å². The monoisotopic (exact) mass is 404 g/mol. The minimum Gasteiger partial charge on any atom is -0.366 e. The van der Waals surface area contributed by atoms with E-state index >= 15 is 0 Å². The summed E-state index contributed by atoms with van der Waals surface area (Å²) in [6.45, 7) is 5.04. The number of fused-ring (bicyclic) bond motifs is 1. The summed E-state index contributed by atoms with van der Waals surface area (Å²) in [5.74, 6) is -3.22. The van der Waals surface area contributed by atoms with E-state index in [2.05, 4.69) is 15.6 Å². The molecule has 1 unspecified atom stereocenters. The Labute approximate surface area is 166 Å². The van der Waals surface area contributed by atoms with Crippen molar-refractivity contribution in [1.82, 2.24) is 10.2 Å². The van der Waals surface area contributed by atoms with Crippen LogP contribution >= 0.6 is 0 Å². The Kier molecular flexibility index (Phi) is 5.47. The zero-order chi connectivity index (χ0) is 21.3. The third kappa shape index (κ3) is 4.16. The molecule has 0 saturated carbocycles. The minimum atomic E-state index is -1.53. The maximum atomic E-state index is 13.5. The predicted molar refractivity (Wildman–Crippen MR) is 101 cm³/mol. The van der Waals surface area contributed by atoms with Crippen LogP contribution in [-0.4, -0.2) is 59.0 Å². The van der Waals surface area contributed by atoms with Crippen LogP contribution in [0.5, 0.6) is 0 Å². The van der Waals surface area contributed by atoms with E-state index in [-0.39, 0.29) is 31.2 Å². The lowest BCUT2D eigenvalue weighted by molar-refractivity contribution is -0.148. The van der Waals surface area contributed by atoms with Crippen molar-refractivity contribution in [3.63, 3.8) is 0 Å². The number of rotatable bonds is 4. The molecule has 10 heteroatoms. The number of Topliss-reactive ketones (excluding diaryl/α,β-unsaturated/α-hetero) is 1. The fourth-order valence-corrected chi connectivity index (χ4v) is 3.21. The number of nitrogens with zero attached hydrogens (tertiary/aromatic N) is 2. The molecule has 29 heavy (non-hydrogen) atoms. The molecule has 3 rings (SSSR count). The Bertz CT molecular complexity index is 927. The van der Waals surface area contributed by atoms with E-state index in [9.17, 15) is 23.6 Å². The molecule has 0 aliphatic carbocycles. The van der Waals surface area contributed by atoms with Gasteiger partial charge in [-0.3, -0.25) is 24.1 Å². The number of benzene rings is 1. The fourth-order valence-electron chi connectivity index (χ4n) is 3.21. The van der Waals surface area contributed by atoms with Crippen molar-refractivity contribution in [2.45, 2.75) is 39.0 Å². The second-order valence-corrected chi connectivity index (χ2v) is 7.24. The second-order valence-electron chi connectivity index (χ2n) is 7.24. The number of ketones is 1. The molecule has 1 atom stereocenters. The molecule has 0 radical (unpaired) electrons. The fraction of sp³-hybridized carbons (Fsp3) is 0.421. The zero-order valence-corrected chi connectivity index (χ0v) is 16.2. The van der Waals surface area contributed by atoms with Crippen LogP contribution in [0.25, 0.3) is 0 Å². The number of amides is 3. The number of anilines is 1. The molecule has 0 aromatic heterocycles. The summed E-state index contributed by atoms with van der Waals surface area (Å²) < 4.78 is 19.1. The number of hydrogen-bond acceptors (Lipinski definition) is 6. The number of hydrogen-bond donors (Lipinski definition) is 2. The van der Waals surface area contributed by atoms with Gasteiger partial charge in [-0.05, 0) is 31.5 Å². The SMILES string of the molecule is CC(=O)Nc1cc(F)ccc1CNC(=O)C1N=C2N(CCOC2(C)C)C(=O)C1=O. The number of ether oxygens (including phenoxy) is 1. The van der Waals surface area contributed by atoms with Crippen LogP contribution in [0, 0.1) is 5.82 Å². The van der Waals surface area contributed by atoms with Gasteiger partial charge in [0.25, 0.3) is 17.6 Å². The van der Waals surface area contributed by atoms with Gasteiger partial charge in [0.2, 0.25) is 5.91 Å². The first-order chi connectivity index (χ1) is 13.6. The van der Waals surface area contributed by atoms with Gasteiger partial charge in [0, 0.05) is 19.2 Å². The first kappa shape index (κ1) is 20.6. The van der Waals surface area contributed by atoms with Gasteiger partial charge in [0.15, 0.2) is 6.04 Å². The Morgan fingerprint density at radius 3 is 2.76 bits per heavy atom. The van der Waals surface area contributed by atoms with E-state index in [1.165, 1.54) is 24.0 Å². The van der Waals surface area contributed by atoms with Crippen molar-refractivity contribution in [1.29, 1.82) is 0 Å². The van der Waals surface area contributed by atoms with Crippen molar-refractivity contribution < 1.29 is 28.3 Å². The molecular formula is C19H21FN4O5. The van der Waals surface area contributed by atoms with Gasteiger partial charge in [0.1, 0.15) is 17.3 Å². The van der Waals surface area contributed by atoms with Crippen LogP contribution in [-0.2, 0) is 30.5 Å². The lowest BCUT2D eigenvalue weighted by Crippen LogP contribution is -2.62. The zero-order valence-electron chi connectivity index (χ0n) is 16.2. The smallest absolute Gasteiger partial charge is 0.298 e. The predicted octanol–water partition coefficient (Wildman–Crippen LogP) is 0.388. The topological polar surface area (TPSA) is 117 Å². The lowest BCUT2D eigenvalue weighted by Gasteiger charge is -2.41. The summed E-state index contributed by atoms with van der Waals surface area (Å²) in [6, 6.07) is 2.18. The minimum absolute atomic E-state index is 0.0961. The molecule has 1 aromatic rings. The number of amidine groups is 1. The molecule has 2 aliphatic heterocycles. The molecule has 2 aliphatic rings. The highest BCUT2D eigenvalue weighted by Crippen LogP contribution is 2.24. The van der Waals surface area contributed by atoms with Crippen LogP contribution in [0.1, 0.15) is 26.3 Å². The summed E-state index contributed by atoms with van der Waals surface area (Å²) >= 11 is 0. The molecular weight excluding hydrogens is 383 g/mol. The number of aliphatic imine (C=N–C) groups is 1. The molecule has 1 saturated heterocycles. The molecule has 0 bridgehead atoms. The maximum absolute atomic E-state index is 13.5. The van der Waals surface area contributed by atoms with E-state index in [0.717, 1.165) is 6.07 Å². The van der Waals surface area contributed by atoms with Crippen LogP contribution in [0.15, 0.2) is 23.2 Å². The quantitative estimate of drug-likeness (QED) is 0.556. The van der Waals surface area contributed by atoms with E-state index in [1.807, 2.05) is 0 Å². The van der Waals surface area contributed by atoms with Crippen LogP contribution in [0.4, 0.5) is 10.1 Å². The summed E-state index contributed by atoms with van der Waals surface area (Å²) in [6.07, 6.45) is 0. The van der Waals surface area contributed by atoms with Gasteiger partial charge >= 0.3 is 0 Å². The maximum Gasteiger partial charge on any atom is 0.298 e. The third-order valence-electron chi connectivity index (χ3n) is 4.61. The Morgan fingerprint density at radius 2 is 2.07 bits per heavy atom. The largest absolute Gasteiger partial charge is 0.366 e. The van der Waals surface area contributed by atoms with Crippen molar-refractivity contribution in [3.8, 4) is 0 Å². The summed E-state index contributed by atoms with van der Waals surface area (Å²) in [5, 5.41) is 5.00. The number of halogens is 1. The van der Waals surface area contributed by atoms with Crippen molar-refractivity contribution >= 4 is 35.0 Å². The number of nitrogens with one attached hydrogen (secondary N) is 2.